The van der Waals surface area contributed by atoms with E-state index in [1.165, 1.54) is 0 Å². The molecule has 0 aliphatic carbocycles. The summed E-state index contributed by atoms with van der Waals surface area (Å²) < 4.78 is 0. The number of carbonyl (C=O) groups is 2. The van der Waals surface area contributed by atoms with Gasteiger partial charge in [0.05, 0.1) is 6.42 Å². The quantitative estimate of drug-likeness (QED) is 0.567. The minimum absolute atomic E-state index is 0. The van der Waals surface area contributed by atoms with E-state index in [2.05, 4.69) is 5.73 Å². The van der Waals surface area contributed by atoms with E-state index in [-0.39, 0.29) is 20.3 Å². The van der Waals surface area contributed by atoms with Crippen molar-refractivity contribution in [2.75, 3.05) is 0 Å². The molecule has 3 N–H and O–H groups in total. The molecule has 4 nitrogen and oxygen atoms in total. The minimum atomic E-state index is -0.996. The van der Waals surface area contributed by atoms with Gasteiger partial charge in [0.2, 0.25) is 5.91 Å². The molecule has 0 spiro atoms. The molecule has 0 atom stereocenters. The van der Waals surface area contributed by atoms with Gasteiger partial charge in [-0.05, 0) is 0 Å². The summed E-state index contributed by atoms with van der Waals surface area (Å²) in [7, 11) is 0. The summed E-state index contributed by atoms with van der Waals surface area (Å²) in [5, 5.41) is 7.95. The first-order valence-electron chi connectivity index (χ1n) is 2.13. The van der Waals surface area contributed by atoms with Crippen LogP contribution in [0.1, 0.15) is 20.3 Å². The van der Waals surface area contributed by atoms with Crippen LogP contribution in [0, 0.1) is 0 Å². The number of primary amides is 1. The van der Waals surface area contributed by atoms with Crippen LogP contribution in [0.3, 0.4) is 0 Å². The van der Waals surface area contributed by atoms with Gasteiger partial charge in [0, 0.05) is 6.42 Å². The third kappa shape index (κ3) is 10.9. The summed E-state index contributed by atoms with van der Waals surface area (Å²) in [6.45, 7) is 0. The maximum Gasteiger partial charge on any atom is 0.303 e. The molecule has 4 heteroatoms. The van der Waals surface area contributed by atoms with Crippen LogP contribution in [0.2, 0.25) is 0 Å². The Morgan fingerprint density at radius 2 is 1.78 bits per heavy atom. The van der Waals surface area contributed by atoms with Crippen molar-refractivity contribution in [3.8, 4) is 0 Å². The van der Waals surface area contributed by atoms with Gasteiger partial charge in [-0.3, -0.25) is 9.59 Å². The van der Waals surface area contributed by atoms with Crippen molar-refractivity contribution in [3.63, 3.8) is 0 Å². The molecule has 0 aromatic heterocycles. The number of aliphatic carboxylic acids is 1. The van der Waals surface area contributed by atoms with Gasteiger partial charge in [0.25, 0.3) is 0 Å². The second kappa shape index (κ2) is 5.08. The van der Waals surface area contributed by atoms with Gasteiger partial charge >= 0.3 is 5.97 Å². The molecule has 0 aromatic carbocycles. The molecule has 0 rings (SSSR count). The van der Waals surface area contributed by atoms with Crippen molar-refractivity contribution >= 4 is 11.9 Å². The fourth-order valence-corrected chi connectivity index (χ4v) is 0.230. The highest BCUT2D eigenvalue weighted by Crippen LogP contribution is 1.84. The average Bonchev–Trinajstić information content (AvgIpc) is 1.61. The van der Waals surface area contributed by atoms with Crippen molar-refractivity contribution in [1.82, 2.24) is 0 Å². The fourth-order valence-electron chi connectivity index (χ4n) is 0.230. The van der Waals surface area contributed by atoms with Gasteiger partial charge in [-0.25, -0.2) is 0 Å². The fraction of sp³-hybridized carbons (Fsp3) is 0.600. The smallest absolute Gasteiger partial charge is 0.303 e. The third-order valence-corrected chi connectivity index (χ3v) is 0.585. The number of hydrogen-bond donors (Lipinski definition) is 2. The number of rotatable bonds is 3. The van der Waals surface area contributed by atoms with E-state index in [1.807, 2.05) is 0 Å². The lowest BCUT2D eigenvalue weighted by Gasteiger charge is -1.86. The number of carboxylic acid groups (broad SMARTS) is 1. The zero-order valence-electron chi connectivity index (χ0n) is 4.26. The van der Waals surface area contributed by atoms with Gasteiger partial charge in [-0.1, -0.05) is 7.43 Å². The van der Waals surface area contributed by atoms with E-state index in [1.54, 1.807) is 0 Å². The van der Waals surface area contributed by atoms with Crippen LogP contribution >= 0.6 is 0 Å². The number of carboxylic acids is 1. The van der Waals surface area contributed by atoms with E-state index in [4.69, 9.17) is 5.11 Å². The van der Waals surface area contributed by atoms with E-state index in [0.717, 1.165) is 0 Å². The number of carbonyl (C=O) groups excluding carboxylic acids is 1. The zero-order valence-corrected chi connectivity index (χ0v) is 4.26. The van der Waals surface area contributed by atoms with E-state index >= 15 is 0 Å². The SMILES string of the molecule is C.NC(=O)CCC(=O)O. The second-order valence-corrected chi connectivity index (χ2v) is 1.36. The molecule has 1 amide bonds. The zero-order chi connectivity index (χ0) is 6.57. The number of amides is 1. The predicted molar refractivity (Wildman–Crippen MR) is 32.8 cm³/mol. The molecule has 54 valence electrons. The molecule has 0 heterocycles. The molecule has 9 heavy (non-hydrogen) atoms. The van der Waals surface area contributed by atoms with Crippen molar-refractivity contribution in [2.24, 2.45) is 5.73 Å². The lowest BCUT2D eigenvalue weighted by molar-refractivity contribution is -0.138. The summed E-state index contributed by atoms with van der Waals surface area (Å²) >= 11 is 0. The Labute approximate surface area is 53.7 Å². The van der Waals surface area contributed by atoms with Crippen LogP contribution in [0.15, 0.2) is 0 Å². The Hall–Kier alpha value is -1.06. The molecule has 0 saturated carbocycles. The Balaban J connectivity index is 0. The topological polar surface area (TPSA) is 80.4 Å². The molecular weight excluding hydrogens is 122 g/mol. The van der Waals surface area contributed by atoms with Crippen LogP contribution < -0.4 is 5.73 Å². The lowest BCUT2D eigenvalue weighted by Crippen LogP contribution is -2.12. The molecule has 0 aromatic rings. The van der Waals surface area contributed by atoms with Gasteiger partial charge in [0.1, 0.15) is 0 Å². The molecule has 0 unspecified atom stereocenters. The summed E-state index contributed by atoms with van der Waals surface area (Å²) in [5.41, 5.74) is 4.64. The van der Waals surface area contributed by atoms with Crippen LogP contribution in [-0.2, 0) is 9.59 Å². The lowest BCUT2D eigenvalue weighted by atomic mass is 10.3. The molecule has 0 saturated heterocycles. The monoisotopic (exact) mass is 133 g/mol. The Bertz CT molecular complexity index is 96.8. The van der Waals surface area contributed by atoms with Crippen LogP contribution in [0.4, 0.5) is 0 Å². The van der Waals surface area contributed by atoms with Gasteiger partial charge in [0.15, 0.2) is 0 Å². The number of nitrogens with two attached hydrogens (primary N) is 1. The van der Waals surface area contributed by atoms with Gasteiger partial charge in [-0.2, -0.15) is 0 Å². The second-order valence-electron chi connectivity index (χ2n) is 1.36. The summed E-state index contributed by atoms with van der Waals surface area (Å²) in [5.74, 6) is -1.57. The van der Waals surface area contributed by atoms with E-state index in [9.17, 15) is 9.59 Å². The summed E-state index contributed by atoms with van der Waals surface area (Å²) in [6, 6.07) is 0. The Morgan fingerprint density at radius 1 is 1.33 bits per heavy atom. The van der Waals surface area contributed by atoms with Gasteiger partial charge < -0.3 is 10.8 Å². The van der Waals surface area contributed by atoms with Crippen LogP contribution in [0.5, 0.6) is 0 Å². The standard InChI is InChI=1S/C4H7NO3.CH4/c5-3(6)1-2-4(7)8;/h1-2H2,(H2,5,6)(H,7,8);1H4. The van der Waals surface area contributed by atoms with Crippen LogP contribution in [0.25, 0.3) is 0 Å². The highest BCUT2D eigenvalue weighted by atomic mass is 16.4. The van der Waals surface area contributed by atoms with Crippen molar-refractivity contribution in [2.45, 2.75) is 20.3 Å². The first-order valence-corrected chi connectivity index (χ1v) is 2.13. The molecule has 0 aliphatic rings. The van der Waals surface area contributed by atoms with E-state index < -0.39 is 11.9 Å². The highest BCUT2D eigenvalue weighted by molar-refractivity contribution is 5.79. The third-order valence-electron chi connectivity index (χ3n) is 0.585. The van der Waals surface area contributed by atoms with Gasteiger partial charge in [-0.15, -0.1) is 0 Å². The molecule has 0 bridgehead atoms. The molecule has 0 fully saturated rings. The predicted octanol–water partition coefficient (Wildman–Crippen LogP) is -0.0274. The summed E-state index contributed by atoms with van der Waals surface area (Å²) in [6.07, 6.45) is -0.245. The van der Waals surface area contributed by atoms with Crippen molar-refractivity contribution in [1.29, 1.82) is 0 Å². The number of hydrogen-bond acceptors (Lipinski definition) is 2. The largest absolute Gasteiger partial charge is 0.481 e. The van der Waals surface area contributed by atoms with Crippen LogP contribution in [-0.4, -0.2) is 17.0 Å². The highest BCUT2D eigenvalue weighted by Gasteiger charge is 1.98. The normalized spacial score (nSPS) is 7.56. The molecule has 0 aliphatic heterocycles. The Kier molecular flexibility index (Phi) is 6.12. The molecular formula is C5H11NO3. The van der Waals surface area contributed by atoms with Crippen molar-refractivity contribution in [3.05, 3.63) is 0 Å². The Morgan fingerprint density at radius 3 is 1.89 bits per heavy atom. The minimum Gasteiger partial charge on any atom is -0.481 e. The first kappa shape index (κ1) is 10.8. The summed E-state index contributed by atoms with van der Waals surface area (Å²) in [4.78, 5) is 19.6. The molecule has 0 radical (unpaired) electrons. The average molecular weight is 133 g/mol. The maximum absolute atomic E-state index is 9.86. The van der Waals surface area contributed by atoms with E-state index in [0.29, 0.717) is 0 Å². The first-order chi connectivity index (χ1) is 3.63. The van der Waals surface area contributed by atoms with Crippen molar-refractivity contribution < 1.29 is 14.7 Å². The maximum atomic E-state index is 9.86.